The summed E-state index contributed by atoms with van der Waals surface area (Å²) in [6.45, 7) is 2.09. The van der Waals surface area contributed by atoms with Crippen LogP contribution in [0.4, 0.5) is 0 Å². The molecule has 5 heteroatoms. The van der Waals surface area contributed by atoms with Crippen molar-refractivity contribution in [2.24, 2.45) is 0 Å². The molecule has 0 amide bonds. The average Bonchev–Trinajstić information content (AvgIpc) is 3.16. The molecule has 0 N–H and O–H groups in total. The fourth-order valence-corrected chi connectivity index (χ4v) is 3.34. The van der Waals surface area contributed by atoms with Gasteiger partial charge >= 0.3 is 0 Å². The second-order valence-corrected chi connectivity index (χ2v) is 6.58. The Morgan fingerprint density at radius 1 is 0.750 bits per heavy atom. The molecule has 5 nitrogen and oxygen atoms in total. The second-order valence-electron chi connectivity index (χ2n) is 6.58. The van der Waals surface area contributed by atoms with Crippen molar-refractivity contribution in [2.75, 3.05) is 21.3 Å². The summed E-state index contributed by atoms with van der Waals surface area (Å²) < 4.78 is 18.3. The number of ether oxygens (including phenoxy) is 3. The molecule has 0 aliphatic rings. The first kappa shape index (κ1) is 17.9. The van der Waals surface area contributed by atoms with Gasteiger partial charge < -0.3 is 14.2 Å². The van der Waals surface area contributed by atoms with Crippen LogP contribution >= 0.6 is 0 Å². The number of aryl methyl sites for hydroxylation is 1. The topological polar surface area (TPSA) is 45.5 Å². The number of hydrogen-bond donors (Lipinski definition) is 0. The Morgan fingerprint density at radius 3 is 2.00 bits per heavy atom. The minimum atomic E-state index is 0.561. The van der Waals surface area contributed by atoms with Crippen molar-refractivity contribution < 1.29 is 14.2 Å². The van der Waals surface area contributed by atoms with Gasteiger partial charge in [-0.2, -0.15) is 5.10 Å². The van der Waals surface area contributed by atoms with Gasteiger partial charge in [0.25, 0.3) is 0 Å². The minimum Gasteiger partial charge on any atom is -0.493 e. The highest BCUT2D eigenvalue weighted by Gasteiger charge is 2.16. The molecule has 3 aromatic carbocycles. The van der Waals surface area contributed by atoms with E-state index in [1.54, 1.807) is 21.3 Å². The first-order chi connectivity index (χ1) is 13.6. The predicted molar refractivity (Wildman–Crippen MR) is 111 cm³/mol. The third-order valence-corrected chi connectivity index (χ3v) is 4.85. The largest absolute Gasteiger partial charge is 0.493 e. The predicted octanol–water partition coefficient (Wildman–Crippen LogP) is 5.03. The number of fused-ring (bicyclic) bond motifs is 1. The summed E-state index contributed by atoms with van der Waals surface area (Å²) in [5, 5.41) is 5.65. The summed E-state index contributed by atoms with van der Waals surface area (Å²) in [6.07, 6.45) is 1.86. The van der Waals surface area contributed by atoms with Gasteiger partial charge in [0.05, 0.1) is 38.7 Å². The zero-order valence-corrected chi connectivity index (χ0v) is 16.4. The summed E-state index contributed by atoms with van der Waals surface area (Å²) in [6, 6.07) is 18.7. The Hall–Kier alpha value is -3.47. The Balaban J connectivity index is 1.87. The van der Waals surface area contributed by atoms with Crippen LogP contribution in [0.1, 0.15) is 5.56 Å². The molecule has 0 saturated heterocycles. The molecular weight excluding hydrogens is 352 g/mol. The van der Waals surface area contributed by atoms with Crippen molar-refractivity contribution >= 4 is 10.9 Å². The monoisotopic (exact) mass is 374 g/mol. The van der Waals surface area contributed by atoms with E-state index in [1.807, 2.05) is 23.0 Å². The van der Waals surface area contributed by atoms with Crippen LogP contribution in [0.15, 0.2) is 60.8 Å². The van der Waals surface area contributed by atoms with Crippen LogP contribution in [-0.4, -0.2) is 31.1 Å². The molecule has 4 rings (SSSR count). The van der Waals surface area contributed by atoms with E-state index in [0.29, 0.717) is 17.2 Å². The van der Waals surface area contributed by atoms with Crippen LogP contribution in [0.25, 0.3) is 27.7 Å². The van der Waals surface area contributed by atoms with E-state index in [4.69, 9.17) is 14.2 Å². The Bertz CT molecular complexity index is 1110. The molecule has 1 aromatic heterocycles. The van der Waals surface area contributed by atoms with Gasteiger partial charge in [-0.15, -0.1) is 0 Å². The molecule has 0 saturated carbocycles. The minimum absolute atomic E-state index is 0.561. The fourth-order valence-electron chi connectivity index (χ4n) is 3.34. The van der Waals surface area contributed by atoms with Crippen LogP contribution in [0.2, 0.25) is 0 Å². The van der Waals surface area contributed by atoms with Crippen LogP contribution in [-0.2, 0) is 0 Å². The number of nitrogens with zero attached hydrogens (tertiary/aromatic N) is 2. The maximum Gasteiger partial charge on any atom is 0.203 e. The van der Waals surface area contributed by atoms with Gasteiger partial charge in [0.2, 0.25) is 5.75 Å². The van der Waals surface area contributed by atoms with Gasteiger partial charge in [0.1, 0.15) is 0 Å². The molecule has 0 unspecified atom stereocenters. The van der Waals surface area contributed by atoms with E-state index in [1.165, 1.54) is 11.1 Å². The smallest absolute Gasteiger partial charge is 0.203 e. The molecule has 0 spiro atoms. The van der Waals surface area contributed by atoms with Gasteiger partial charge in [-0.1, -0.05) is 42.0 Å². The third kappa shape index (κ3) is 3.05. The maximum atomic E-state index is 5.49. The van der Waals surface area contributed by atoms with E-state index in [2.05, 4.69) is 54.5 Å². The Labute approximate surface area is 164 Å². The highest BCUT2D eigenvalue weighted by molar-refractivity contribution is 5.86. The lowest BCUT2D eigenvalue weighted by molar-refractivity contribution is 0.324. The van der Waals surface area contributed by atoms with Gasteiger partial charge in [-0.05, 0) is 24.1 Å². The molecule has 0 bridgehead atoms. The standard InChI is InChI=1S/C23H22N2O3/c1-15-5-7-16(8-6-15)17-9-10-18-14-24-25(20(18)11-17)19-12-21(26-2)23(28-4)22(13-19)27-3/h5-14H,1-4H3. The zero-order chi connectivity index (χ0) is 19.7. The fraction of sp³-hybridized carbons (Fsp3) is 0.174. The molecular formula is C23H22N2O3. The summed E-state index contributed by atoms with van der Waals surface area (Å²) in [7, 11) is 4.81. The Kier molecular flexibility index (Phi) is 4.65. The van der Waals surface area contributed by atoms with E-state index in [-0.39, 0.29) is 0 Å². The van der Waals surface area contributed by atoms with Gasteiger partial charge in [-0.25, -0.2) is 4.68 Å². The van der Waals surface area contributed by atoms with E-state index in [0.717, 1.165) is 22.2 Å². The van der Waals surface area contributed by atoms with Crippen molar-refractivity contribution in [1.82, 2.24) is 9.78 Å². The average molecular weight is 374 g/mol. The van der Waals surface area contributed by atoms with E-state index in [9.17, 15) is 0 Å². The first-order valence-corrected chi connectivity index (χ1v) is 9.00. The number of rotatable bonds is 5. The van der Waals surface area contributed by atoms with E-state index < -0.39 is 0 Å². The van der Waals surface area contributed by atoms with Gasteiger partial charge in [0.15, 0.2) is 11.5 Å². The normalized spacial score (nSPS) is 10.9. The number of methoxy groups -OCH3 is 3. The summed E-state index contributed by atoms with van der Waals surface area (Å²) >= 11 is 0. The molecule has 4 aromatic rings. The molecule has 28 heavy (non-hydrogen) atoms. The summed E-state index contributed by atoms with van der Waals surface area (Å²) in [4.78, 5) is 0. The van der Waals surface area contributed by atoms with Gasteiger partial charge in [-0.3, -0.25) is 0 Å². The van der Waals surface area contributed by atoms with Crippen molar-refractivity contribution in [2.45, 2.75) is 6.92 Å². The van der Waals surface area contributed by atoms with Gasteiger partial charge in [0, 0.05) is 17.5 Å². The van der Waals surface area contributed by atoms with Crippen LogP contribution in [0, 0.1) is 6.92 Å². The molecule has 0 fully saturated rings. The third-order valence-electron chi connectivity index (χ3n) is 4.85. The molecule has 142 valence electrons. The lowest BCUT2D eigenvalue weighted by atomic mass is 10.0. The first-order valence-electron chi connectivity index (χ1n) is 9.00. The number of aromatic nitrogens is 2. The van der Waals surface area contributed by atoms with Crippen LogP contribution < -0.4 is 14.2 Å². The lowest BCUT2D eigenvalue weighted by Crippen LogP contribution is -2.01. The highest BCUT2D eigenvalue weighted by atomic mass is 16.5. The molecule has 0 atom stereocenters. The zero-order valence-electron chi connectivity index (χ0n) is 16.4. The summed E-state index contributed by atoms with van der Waals surface area (Å²) in [5.74, 6) is 1.75. The SMILES string of the molecule is COc1cc(-n2ncc3ccc(-c4ccc(C)cc4)cc32)cc(OC)c1OC. The lowest BCUT2D eigenvalue weighted by Gasteiger charge is -2.14. The maximum absolute atomic E-state index is 5.49. The molecule has 0 aliphatic heterocycles. The van der Waals surface area contributed by atoms with Crippen molar-refractivity contribution in [3.8, 4) is 34.1 Å². The van der Waals surface area contributed by atoms with Crippen molar-refractivity contribution in [1.29, 1.82) is 0 Å². The van der Waals surface area contributed by atoms with E-state index >= 15 is 0 Å². The van der Waals surface area contributed by atoms with Crippen molar-refractivity contribution in [3.63, 3.8) is 0 Å². The number of benzene rings is 3. The second kappa shape index (κ2) is 7.27. The number of hydrogen-bond acceptors (Lipinski definition) is 4. The quantitative estimate of drug-likeness (QED) is 0.492. The highest BCUT2D eigenvalue weighted by Crippen LogP contribution is 2.40. The van der Waals surface area contributed by atoms with Crippen molar-refractivity contribution in [3.05, 3.63) is 66.4 Å². The molecule has 0 radical (unpaired) electrons. The summed E-state index contributed by atoms with van der Waals surface area (Å²) in [5.41, 5.74) is 5.40. The van der Waals surface area contributed by atoms with Crippen LogP contribution in [0.5, 0.6) is 17.2 Å². The Morgan fingerprint density at radius 2 is 1.39 bits per heavy atom. The molecule has 1 heterocycles. The molecule has 0 aliphatic carbocycles. The van der Waals surface area contributed by atoms with Crippen LogP contribution in [0.3, 0.4) is 0 Å².